The first-order valence-electron chi connectivity index (χ1n) is 2.82. The van der Waals surface area contributed by atoms with Gasteiger partial charge in [-0.3, -0.25) is 0 Å². The van der Waals surface area contributed by atoms with Crippen LogP contribution in [-0.4, -0.2) is 19.5 Å². The zero-order valence-electron chi connectivity index (χ0n) is 5.93. The molecule has 0 heterocycles. The van der Waals surface area contributed by atoms with Gasteiger partial charge in [-0.2, -0.15) is 0 Å². The molecule has 0 aromatic carbocycles. The van der Waals surface area contributed by atoms with Crippen molar-refractivity contribution in [2.45, 2.75) is 33.0 Å². The van der Waals surface area contributed by atoms with Crippen LogP contribution in [0.5, 0.6) is 0 Å². The highest BCUT2D eigenvalue weighted by Crippen LogP contribution is 2.01. The van der Waals surface area contributed by atoms with Gasteiger partial charge in [0, 0.05) is 6.10 Å². The minimum absolute atomic E-state index is 0.154. The van der Waals surface area contributed by atoms with Gasteiger partial charge in [0.15, 0.2) is 0 Å². The maximum Gasteiger partial charge on any atom is 0.329 e. The summed E-state index contributed by atoms with van der Waals surface area (Å²) in [5.41, 5.74) is 0. The lowest BCUT2D eigenvalue weighted by Crippen LogP contribution is -2.33. The molecule has 0 aromatic heterocycles. The molecular weight excluding hydrogens is 120 g/mol. The fourth-order valence-electron chi connectivity index (χ4n) is 0.577. The van der Waals surface area contributed by atoms with E-state index in [2.05, 4.69) is 0 Å². The Morgan fingerprint density at radius 3 is 1.75 bits per heavy atom. The molecule has 0 saturated carbocycles. The Hall–Kier alpha value is 0.137. The molecule has 0 aliphatic rings. The first-order chi connectivity index (χ1) is 3.42. The third-order valence-electron chi connectivity index (χ3n) is 0.524. The Bertz CT molecular complexity index is 65.3. The van der Waals surface area contributed by atoms with Crippen molar-refractivity contribution in [3.8, 4) is 0 Å². The van der Waals surface area contributed by atoms with Crippen molar-refractivity contribution in [3.05, 3.63) is 0 Å². The molecule has 0 saturated heterocycles. The zero-order valence-corrected chi connectivity index (χ0v) is 6.93. The minimum atomic E-state index is -2.22. The van der Waals surface area contributed by atoms with E-state index in [9.17, 15) is 0 Å². The van der Waals surface area contributed by atoms with Crippen molar-refractivity contribution >= 4 is 8.56 Å². The lowest BCUT2D eigenvalue weighted by molar-refractivity contribution is 0.183. The quantitative estimate of drug-likeness (QED) is 0.573. The molecule has 1 N–H and O–H groups in total. The highest BCUT2D eigenvalue weighted by atomic mass is 28.4. The van der Waals surface area contributed by atoms with E-state index in [0.717, 1.165) is 0 Å². The topological polar surface area (TPSA) is 29.5 Å². The summed E-state index contributed by atoms with van der Waals surface area (Å²) < 4.78 is 5.13. The Balaban J connectivity index is 3.39. The molecule has 2 nitrogen and oxygen atoms in total. The van der Waals surface area contributed by atoms with Gasteiger partial charge in [-0.15, -0.1) is 0 Å². The van der Waals surface area contributed by atoms with Crippen LogP contribution < -0.4 is 0 Å². The largest absolute Gasteiger partial charge is 0.411 e. The van der Waals surface area contributed by atoms with Gasteiger partial charge in [-0.05, 0) is 26.9 Å². The van der Waals surface area contributed by atoms with Crippen molar-refractivity contribution in [1.29, 1.82) is 0 Å². The normalized spacial score (nSPS) is 12.8. The Morgan fingerprint density at radius 2 is 1.75 bits per heavy atom. The summed E-state index contributed by atoms with van der Waals surface area (Å²) >= 11 is 0. The average Bonchev–Trinajstić information content (AvgIpc) is 1.21. The summed E-state index contributed by atoms with van der Waals surface area (Å²) in [5.74, 6) is 0. The molecule has 0 aliphatic heterocycles. The van der Waals surface area contributed by atoms with E-state index in [0.29, 0.717) is 0 Å². The molecule has 0 fully saturated rings. The van der Waals surface area contributed by atoms with Crippen molar-refractivity contribution in [1.82, 2.24) is 0 Å². The molecule has 0 rings (SSSR count). The third kappa shape index (κ3) is 6.14. The van der Waals surface area contributed by atoms with Gasteiger partial charge < -0.3 is 9.22 Å². The monoisotopic (exact) mass is 134 g/mol. The second kappa shape index (κ2) is 2.62. The Morgan fingerprint density at radius 1 is 1.38 bits per heavy atom. The first kappa shape index (κ1) is 8.14. The molecule has 50 valence electrons. The maximum atomic E-state index is 9.10. The van der Waals surface area contributed by atoms with Crippen LogP contribution in [0.2, 0.25) is 13.1 Å². The molecule has 3 heteroatoms. The molecule has 0 aliphatic carbocycles. The fourth-order valence-corrected chi connectivity index (χ4v) is 1.73. The predicted octanol–water partition coefficient (Wildman–Crippen LogP) is 1.11. The van der Waals surface area contributed by atoms with Gasteiger partial charge in [-0.25, -0.2) is 0 Å². The molecule has 0 aromatic rings. The van der Waals surface area contributed by atoms with Crippen LogP contribution in [0, 0.1) is 0 Å². The van der Waals surface area contributed by atoms with Gasteiger partial charge >= 0.3 is 8.56 Å². The lowest BCUT2D eigenvalue weighted by Gasteiger charge is -2.17. The van der Waals surface area contributed by atoms with Crippen LogP contribution in [0.1, 0.15) is 13.8 Å². The summed E-state index contributed by atoms with van der Waals surface area (Å²) in [6.45, 7) is 7.36. The van der Waals surface area contributed by atoms with Crippen molar-refractivity contribution in [2.75, 3.05) is 0 Å². The smallest absolute Gasteiger partial charge is 0.329 e. The van der Waals surface area contributed by atoms with Crippen LogP contribution in [0.25, 0.3) is 0 Å². The van der Waals surface area contributed by atoms with Gasteiger partial charge in [0.2, 0.25) is 0 Å². The average molecular weight is 134 g/mol. The predicted molar refractivity (Wildman–Crippen MR) is 35.9 cm³/mol. The van der Waals surface area contributed by atoms with Gasteiger partial charge in [0.25, 0.3) is 0 Å². The van der Waals surface area contributed by atoms with Crippen molar-refractivity contribution < 1.29 is 9.22 Å². The zero-order chi connectivity index (χ0) is 6.78. The second-order valence-electron chi connectivity index (χ2n) is 2.61. The second-order valence-corrected chi connectivity index (χ2v) is 5.74. The van der Waals surface area contributed by atoms with Crippen LogP contribution in [0.3, 0.4) is 0 Å². The molecule has 0 bridgehead atoms. The first-order valence-corrected chi connectivity index (χ1v) is 5.67. The molecular formula is C5H14O2Si. The Labute approximate surface area is 51.7 Å². The van der Waals surface area contributed by atoms with Crippen LogP contribution >= 0.6 is 0 Å². The van der Waals surface area contributed by atoms with Gasteiger partial charge in [-0.1, -0.05) is 0 Å². The molecule has 8 heavy (non-hydrogen) atoms. The number of hydrogen-bond acceptors (Lipinski definition) is 2. The highest BCUT2D eigenvalue weighted by Gasteiger charge is 2.19. The summed E-state index contributed by atoms with van der Waals surface area (Å²) in [6, 6.07) is 0. The summed E-state index contributed by atoms with van der Waals surface area (Å²) in [4.78, 5) is 9.10. The third-order valence-corrected chi connectivity index (χ3v) is 1.57. The van der Waals surface area contributed by atoms with Gasteiger partial charge in [0.1, 0.15) is 0 Å². The summed E-state index contributed by atoms with van der Waals surface area (Å²) in [7, 11) is -2.22. The van der Waals surface area contributed by atoms with Crippen LogP contribution in [0.4, 0.5) is 0 Å². The highest BCUT2D eigenvalue weighted by molar-refractivity contribution is 6.63. The minimum Gasteiger partial charge on any atom is -0.411 e. The number of rotatable bonds is 2. The maximum absolute atomic E-state index is 9.10. The standard InChI is InChI=1S/C5H14O2Si/c1-5(2)7-8(3,4)6/h5-6H,1-4H3. The van der Waals surface area contributed by atoms with Crippen molar-refractivity contribution in [2.24, 2.45) is 0 Å². The molecule has 0 atom stereocenters. The molecule has 0 amide bonds. The fraction of sp³-hybridized carbons (Fsp3) is 1.00. The summed E-state index contributed by atoms with van der Waals surface area (Å²) in [6.07, 6.45) is 0.154. The number of hydrogen-bond donors (Lipinski definition) is 1. The SMILES string of the molecule is CC(C)O[Si](C)(C)O. The van der Waals surface area contributed by atoms with E-state index >= 15 is 0 Å². The van der Waals surface area contributed by atoms with E-state index in [1.807, 2.05) is 13.8 Å². The molecule has 0 radical (unpaired) electrons. The van der Waals surface area contributed by atoms with E-state index in [1.165, 1.54) is 0 Å². The van der Waals surface area contributed by atoms with Crippen molar-refractivity contribution in [3.63, 3.8) is 0 Å². The lowest BCUT2D eigenvalue weighted by atomic mass is 10.5. The van der Waals surface area contributed by atoms with Crippen LogP contribution in [0.15, 0.2) is 0 Å². The molecule has 0 spiro atoms. The van der Waals surface area contributed by atoms with Crippen LogP contribution in [-0.2, 0) is 4.43 Å². The Kier molecular flexibility index (Phi) is 2.66. The van der Waals surface area contributed by atoms with E-state index in [4.69, 9.17) is 9.22 Å². The van der Waals surface area contributed by atoms with E-state index in [1.54, 1.807) is 13.1 Å². The molecule has 0 unspecified atom stereocenters. The van der Waals surface area contributed by atoms with E-state index in [-0.39, 0.29) is 6.10 Å². The van der Waals surface area contributed by atoms with Gasteiger partial charge in [0.05, 0.1) is 0 Å². The van der Waals surface area contributed by atoms with E-state index < -0.39 is 8.56 Å². The summed E-state index contributed by atoms with van der Waals surface area (Å²) in [5, 5.41) is 0.